The summed E-state index contributed by atoms with van der Waals surface area (Å²) in [6, 6.07) is 0. The third-order valence-electron chi connectivity index (χ3n) is 0.876. The summed E-state index contributed by atoms with van der Waals surface area (Å²) in [6.07, 6.45) is 5.77. The van der Waals surface area contributed by atoms with Crippen LogP contribution in [-0.4, -0.2) is 5.33 Å². The van der Waals surface area contributed by atoms with Crippen molar-refractivity contribution >= 4 is 15.9 Å². The van der Waals surface area contributed by atoms with Crippen molar-refractivity contribution in [2.45, 2.75) is 0 Å². The molecule has 0 aromatic heterocycles. The molecule has 1 heteroatoms. The van der Waals surface area contributed by atoms with Gasteiger partial charge >= 0.3 is 0 Å². The normalized spacial score (nSPS) is 14.4. The van der Waals surface area contributed by atoms with E-state index in [9.17, 15) is 0 Å². The monoisotopic (exact) mass is 168 g/mol. The average Bonchev–Trinajstić information content (AvgIpc) is 1.90. The summed E-state index contributed by atoms with van der Waals surface area (Å²) in [7, 11) is 0. The molecular weight excluding hydrogens is 164 g/mol. The van der Waals surface area contributed by atoms with Crippen LogP contribution < -0.4 is 0 Å². The van der Waals surface area contributed by atoms with Crippen LogP contribution in [0.4, 0.5) is 0 Å². The van der Waals surface area contributed by atoms with Gasteiger partial charge in [-0.2, -0.15) is 0 Å². The highest BCUT2D eigenvalue weighted by Crippen LogP contribution is 2.02. The molecule has 40 valence electrons. The molecule has 0 nitrogen and oxygen atoms in total. The van der Waals surface area contributed by atoms with Crippen molar-refractivity contribution < 1.29 is 0 Å². The highest BCUT2D eigenvalue weighted by molar-refractivity contribution is 9.09. The van der Waals surface area contributed by atoms with Crippen molar-refractivity contribution in [3.8, 4) is 0 Å². The lowest BCUT2D eigenvalue weighted by atomic mass is 10.2. The first kappa shape index (κ1) is 5.65. The average molecular weight is 169 g/mol. The van der Waals surface area contributed by atoms with E-state index in [1.54, 1.807) is 0 Å². The summed E-state index contributed by atoms with van der Waals surface area (Å²) in [5.74, 6) is 0. The minimum atomic E-state index is 0.901. The standard InChI is InChI=1S/C7H5Br/c8-6-7-4-2-1-3-5-7/h2,4-5H,6H2. The topological polar surface area (TPSA) is 0 Å². The fourth-order valence-electron chi connectivity index (χ4n) is 0.462. The second-order valence-electron chi connectivity index (χ2n) is 1.47. The molecule has 1 aliphatic carbocycles. The molecule has 0 amide bonds. The van der Waals surface area contributed by atoms with Crippen LogP contribution in [0.15, 0.2) is 35.3 Å². The summed E-state index contributed by atoms with van der Waals surface area (Å²) in [4.78, 5) is 0. The van der Waals surface area contributed by atoms with Gasteiger partial charge in [0, 0.05) is 5.33 Å². The smallest absolute Gasteiger partial charge is 0.0289 e. The lowest BCUT2D eigenvalue weighted by Gasteiger charge is -1.89. The Morgan fingerprint density at radius 2 is 2.38 bits per heavy atom. The number of allylic oxidation sites excluding steroid dienone is 4. The second kappa shape index (κ2) is 2.74. The molecule has 0 radical (unpaired) electrons. The molecule has 0 spiro atoms. The maximum Gasteiger partial charge on any atom is 0.0289 e. The van der Waals surface area contributed by atoms with E-state index in [4.69, 9.17) is 0 Å². The maximum absolute atomic E-state index is 3.32. The van der Waals surface area contributed by atoms with Crippen LogP contribution in [0.3, 0.4) is 0 Å². The fourth-order valence-corrected chi connectivity index (χ4v) is 0.811. The molecule has 0 aromatic rings. The Labute approximate surface area is 57.0 Å². The largest absolute Gasteiger partial charge is 0.0876 e. The van der Waals surface area contributed by atoms with Crippen LogP contribution in [-0.2, 0) is 0 Å². The van der Waals surface area contributed by atoms with Crippen LogP contribution >= 0.6 is 15.9 Å². The number of halogens is 1. The number of hydrogen-bond acceptors (Lipinski definition) is 0. The molecule has 1 rings (SSSR count). The Morgan fingerprint density at radius 3 is 2.75 bits per heavy atom. The van der Waals surface area contributed by atoms with Gasteiger partial charge < -0.3 is 0 Å². The van der Waals surface area contributed by atoms with Crippen LogP contribution in [0.25, 0.3) is 0 Å². The number of alkyl halides is 1. The molecule has 0 heterocycles. The summed E-state index contributed by atoms with van der Waals surface area (Å²) < 4.78 is 0. The molecule has 0 aliphatic heterocycles. The zero-order valence-electron chi connectivity index (χ0n) is 4.32. The van der Waals surface area contributed by atoms with Crippen molar-refractivity contribution in [3.63, 3.8) is 0 Å². The summed E-state index contributed by atoms with van der Waals surface area (Å²) in [6.45, 7) is 0. The van der Waals surface area contributed by atoms with Crippen LogP contribution in [0, 0.1) is 0 Å². The molecule has 0 N–H and O–H groups in total. The number of rotatable bonds is 1. The van der Waals surface area contributed by atoms with Crippen molar-refractivity contribution in [1.82, 2.24) is 0 Å². The third-order valence-corrected chi connectivity index (χ3v) is 1.52. The Balaban J connectivity index is 2.80. The fraction of sp³-hybridized carbons (Fsp3) is 0.143. The van der Waals surface area contributed by atoms with Crippen LogP contribution in [0.2, 0.25) is 0 Å². The van der Waals surface area contributed by atoms with Gasteiger partial charge in [0.25, 0.3) is 0 Å². The molecule has 0 bridgehead atoms. The zero-order chi connectivity index (χ0) is 5.82. The summed E-state index contributed by atoms with van der Waals surface area (Å²) in [5, 5.41) is 0.901. The minimum absolute atomic E-state index is 0.901. The van der Waals surface area contributed by atoms with Crippen LogP contribution in [0.1, 0.15) is 0 Å². The van der Waals surface area contributed by atoms with E-state index in [0.717, 1.165) is 5.33 Å². The van der Waals surface area contributed by atoms with Gasteiger partial charge in [-0.15, -0.1) is 0 Å². The second-order valence-corrected chi connectivity index (χ2v) is 2.04. The van der Waals surface area contributed by atoms with Crippen molar-refractivity contribution in [1.29, 1.82) is 0 Å². The third kappa shape index (κ3) is 1.24. The Kier molecular flexibility index (Phi) is 1.93. The van der Waals surface area contributed by atoms with Crippen molar-refractivity contribution in [3.05, 3.63) is 35.3 Å². The lowest BCUT2D eigenvalue weighted by Crippen LogP contribution is -1.76. The summed E-state index contributed by atoms with van der Waals surface area (Å²) in [5.41, 5.74) is 6.92. The minimum Gasteiger partial charge on any atom is -0.0876 e. The van der Waals surface area contributed by atoms with E-state index in [1.807, 2.05) is 18.2 Å². The van der Waals surface area contributed by atoms with Gasteiger partial charge in [0.2, 0.25) is 0 Å². The summed E-state index contributed by atoms with van der Waals surface area (Å²) >= 11 is 3.32. The Hall–Kier alpha value is -0.480. The van der Waals surface area contributed by atoms with Gasteiger partial charge in [0.1, 0.15) is 0 Å². The van der Waals surface area contributed by atoms with E-state index in [2.05, 4.69) is 27.4 Å². The number of hydrogen-bond donors (Lipinski definition) is 0. The van der Waals surface area contributed by atoms with Gasteiger partial charge in [0.15, 0.2) is 0 Å². The van der Waals surface area contributed by atoms with E-state index in [-0.39, 0.29) is 0 Å². The van der Waals surface area contributed by atoms with Crippen molar-refractivity contribution in [2.24, 2.45) is 0 Å². The van der Waals surface area contributed by atoms with Crippen LogP contribution in [0.5, 0.6) is 0 Å². The predicted molar refractivity (Wildman–Crippen MR) is 38.0 cm³/mol. The molecule has 0 unspecified atom stereocenters. The SMILES string of the molecule is BrCC1=CC=C=C=C1. The molecule has 0 saturated carbocycles. The first-order valence-corrected chi connectivity index (χ1v) is 3.48. The first-order valence-electron chi connectivity index (χ1n) is 2.36. The molecule has 8 heavy (non-hydrogen) atoms. The van der Waals surface area contributed by atoms with E-state index >= 15 is 0 Å². The van der Waals surface area contributed by atoms with Gasteiger partial charge in [-0.1, -0.05) is 27.4 Å². The quantitative estimate of drug-likeness (QED) is 0.416. The highest BCUT2D eigenvalue weighted by Gasteiger charge is 1.85. The van der Waals surface area contributed by atoms with E-state index in [0.29, 0.717) is 0 Å². The van der Waals surface area contributed by atoms with Crippen molar-refractivity contribution in [2.75, 3.05) is 5.33 Å². The Bertz CT molecular complexity index is 198. The van der Waals surface area contributed by atoms with Gasteiger partial charge in [0.05, 0.1) is 0 Å². The highest BCUT2D eigenvalue weighted by atomic mass is 79.9. The lowest BCUT2D eigenvalue weighted by molar-refractivity contribution is 1.56. The predicted octanol–water partition coefficient (Wildman–Crippen LogP) is 2.19. The molecule has 0 saturated heterocycles. The molecule has 0 aromatic carbocycles. The Morgan fingerprint density at radius 1 is 1.50 bits per heavy atom. The molecule has 0 fully saturated rings. The zero-order valence-corrected chi connectivity index (χ0v) is 5.90. The first-order chi connectivity index (χ1) is 3.93. The van der Waals surface area contributed by atoms with E-state index < -0.39 is 0 Å². The molecule has 0 atom stereocenters. The molecular formula is C7H5Br. The van der Waals surface area contributed by atoms with Gasteiger partial charge in [-0.05, 0) is 23.8 Å². The maximum atomic E-state index is 3.32. The van der Waals surface area contributed by atoms with E-state index in [1.165, 1.54) is 5.57 Å². The van der Waals surface area contributed by atoms with Gasteiger partial charge in [-0.25, -0.2) is 0 Å². The molecule has 1 aliphatic rings. The van der Waals surface area contributed by atoms with Gasteiger partial charge in [-0.3, -0.25) is 0 Å².